The third kappa shape index (κ3) is 8.75. The van der Waals surface area contributed by atoms with Crippen LogP contribution in [0.15, 0.2) is 35.5 Å². The van der Waals surface area contributed by atoms with Gasteiger partial charge in [0.25, 0.3) is 0 Å². The molecule has 0 amide bonds. The Balaban J connectivity index is 1.48. The van der Waals surface area contributed by atoms with E-state index in [1.807, 2.05) is 30.3 Å². The lowest BCUT2D eigenvalue weighted by Gasteiger charge is -2.49. The molecule has 1 saturated carbocycles. The first kappa shape index (κ1) is 36.0. The van der Waals surface area contributed by atoms with Gasteiger partial charge in [-0.05, 0) is 53.6 Å². The average molecular weight is 641 g/mol. The zero-order valence-electron chi connectivity index (χ0n) is 26.7. The van der Waals surface area contributed by atoms with Crippen LogP contribution in [-0.2, 0) is 30.4 Å². The van der Waals surface area contributed by atoms with Gasteiger partial charge in [0.2, 0.25) is 0 Å². The van der Waals surface area contributed by atoms with E-state index in [0.717, 1.165) is 5.56 Å². The fourth-order valence-corrected chi connectivity index (χ4v) is 6.33. The monoisotopic (exact) mass is 640 g/mol. The van der Waals surface area contributed by atoms with Crippen molar-refractivity contribution in [2.24, 2.45) is 5.16 Å². The molecule has 15 heteroatoms. The third-order valence-electron chi connectivity index (χ3n) is 8.97. The highest BCUT2D eigenvalue weighted by molar-refractivity contribution is 5.63. The molecule has 3 aliphatic rings. The van der Waals surface area contributed by atoms with Gasteiger partial charge >= 0.3 is 0 Å². The number of nitrogens with one attached hydrogen (secondary N) is 5. The van der Waals surface area contributed by atoms with Crippen molar-refractivity contribution in [1.29, 1.82) is 0 Å². The first-order valence-electron chi connectivity index (χ1n) is 15.6. The highest BCUT2D eigenvalue weighted by Gasteiger charge is 2.51. The Morgan fingerprint density at radius 3 is 2.02 bits per heavy atom. The summed E-state index contributed by atoms with van der Waals surface area (Å²) in [4.78, 5) is 5.41. The molecule has 2 saturated heterocycles. The molecular formula is C30H52N6O9. The standard InChI is InChI=1S/C30H52N6O9/c1-31-13-21-20(37)12-19(34-4)29(42-21)44-27-17(32-2)11-18(33-3)28(26(27)40)45-30-25(39)23(35-5)24(38)22(43-30)14-36-41-15-16-9-7-6-8-10-16/h6-10,14,17-35,37-40H,11-13,15H2,1-5H3/b36-14+. The largest absolute Gasteiger partial charge is 0.391 e. The van der Waals surface area contributed by atoms with Gasteiger partial charge in [0.1, 0.15) is 43.2 Å². The number of likely N-dealkylation sites (N-methyl/N-ethyl adjacent to an activating group) is 5. The third-order valence-corrected chi connectivity index (χ3v) is 8.97. The molecule has 4 rings (SSSR count). The highest BCUT2D eigenvalue weighted by Crippen LogP contribution is 2.32. The van der Waals surface area contributed by atoms with Crippen molar-refractivity contribution >= 4 is 6.21 Å². The van der Waals surface area contributed by atoms with Crippen molar-refractivity contribution in [1.82, 2.24) is 26.6 Å². The Bertz CT molecular complexity index is 1030. The van der Waals surface area contributed by atoms with Crippen LogP contribution in [0.25, 0.3) is 0 Å². The molecule has 45 heavy (non-hydrogen) atoms. The molecule has 3 fully saturated rings. The molecule has 2 heterocycles. The van der Waals surface area contributed by atoms with Crippen LogP contribution >= 0.6 is 0 Å². The second-order valence-corrected chi connectivity index (χ2v) is 11.8. The summed E-state index contributed by atoms with van der Waals surface area (Å²) in [6, 6.07) is 7.77. The predicted molar refractivity (Wildman–Crippen MR) is 165 cm³/mol. The van der Waals surface area contributed by atoms with Crippen LogP contribution in [0.2, 0.25) is 0 Å². The summed E-state index contributed by atoms with van der Waals surface area (Å²) >= 11 is 0. The molecule has 14 unspecified atom stereocenters. The van der Waals surface area contributed by atoms with Gasteiger partial charge in [-0.2, -0.15) is 0 Å². The molecule has 9 N–H and O–H groups in total. The summed E-state index contributed by atoms with van der Waals surface area (Å²) < 4.78 is 25.0. The first-order valence-corrected chi connectivity index (χ1v) is 15.6. The molecule has 256 valence electrons. The van der Waals surface area contributed by atoms with E-state index >= 15 is 0 Å². The Morgan fingerprint density at radius 2 is 1.42 bits per heavy atom. The second kappa shape index (κ2) is 17.4. The van der Waals surface area contributed by atoms with Gasteiger partial charge in [0.05, 0.1) is 30.5 Å². The van der Waals surface area contributed by atoms with Crippen molar-refractivity contribution in [3.63, 3.8) is 0 Å². The van der Waals surface area contributed by atoms with E-state index in [4.69, 9.17) is 23.8 Å². The number of hydrogen-bond acceptors (Lipinski definition) is 15. The van der Waals surface area contributed by atoms with E-state index in [-0.39, 0.29) is 24.7 Å². The quantitative estimate of drug-likeness (QED) is 0.0747. The topological polar surface area (TPSA) is 200 Å². The number of aliphatic hydroxyl groups excluding tert-OH is 4. The Labute approximate surface area is 265 Å². The maximum Gasteiger partial charge on any atom is 0.186 e. The number of nitrogens with zero attached hydrogens (tertiary/aromatic N) is 1. The Hall–Kier alpha value is -1.83. The summed E-state index contributed by atoms with van der Waals surface area (Å²) in [5.74, 6) is 0. The summed E-state index contributed by atoms with van der Waals surface area (Å²) in [5.41, 5.74) is 0.930. The zero-order valence-corrected chi connectivity index (χ0v) is 26.7. The van der Waals surface area contributed by atoms with E-state index < -0.39 is 67.5 Å². The molecule has 15 nitrogen and oxygen atoms in total. The second-order valence-electron chi connectivity index (χ2n) is 11.8. The minimum Gasteiger partial charge on any atom is -0.391 e. The van der Waals surface area contributed by atoms with Gasteiger partial charge in [0, 0.05) is 18.6 Å². The van der Waals surface area contributed by atoms with E-state index in [2.05, 4.69) is 31.7 Å². The molecule has 2 aliphatic heterocycles. The van der Waals surface area contributed by atoms with Crippen molar-refractivity contribution in [3.05, 3.63) is 35.9 Å². The van der Waals surface area contributed by atoms with Crippen LogP contribution in [0, 0.1) is 0 Å². The maximum atomic E-state index is 11.8. The van der Waals surface area contributed by atoms with Gasteiger partial charge in [0.15, 0.2) is 12.6 Å². The van der Waals surface area contributed by atoms with Crippen molar-refractivity contribution in [2.75, 3.05) is 41.8 Å². The number of oxime groups is 1. The molecule has 0 radical (unpaired) electrons. The first-order chi connectivity index (χ1) is 21.8. The maximum absolute atomic E-state index is 11.8. The molecule has 14 atom stereocenters. The highest BCUT2D eigenvalue weighted by atomic mass is 16.7. The number of aliphatic hydroxyl groups is 4. The van der Waals surface area contributed by atoms with Gasteiger partial charge in [-0.1, -0.05) is 35.5 Å². The Morgan fingerprint density at radius 1 is 0.778 bits per heavy atom. The number of ether oxygens (including phenoxy) is 4. The van der Waals surface area contributed by atoms with Gasteiger partial charge in [-0.25, -0.2) is 0 Å². The number of hydrogen-bond donors (Lipinski definition) is 9. The van der Waals surface area contributed by atoms with E-state index in [1.54, 1.807) is 35.2 Å². The van der Waals surface area contributed by atoms with Crippen molar-refractivity contribution < 1.29 is 44.2 Å². The van der Waals surface area contributed by atoms with E-state index in [0.29, 0.717) is 19.4 Å². The minimum absolute atomic E-state index is 0.234. The zero-order chi connectivity index (χ0) is 32.5. The molecule has 0 aromatic heterocycles. The number of rotatable bonds is 14. The lowest BCUT2D eigenvalue weighted by Crippen LogP contribution is -2.68. The number of benzene rings is 1. The van der Waals surface area contributed by atoms with E-state index in [9.17, 15) is 20.4 Å². The van der Waals surface area contributed by atoms with Gasteiger partial charge in [-0.3, -0.25) is 0 Å². The summed E-state index contributed by atoms with van der Waals surface area (Å²) in [6.45, 7) is 0.670. The van der Waals surface area contributed by atoms with Crippen LogP contribution in [0.1, 0.15) is 18.4 Å². The smallest absolute Gasteiger partial charge is 0.186 e. The predicted octanol–water partition coefficient (Wildman–Crippen LogP) is -2.78. The molecular weight excluding hydrogens is 588 g/mol. The fourth-order valence-electron chi connectivity index (χ4n) is 6.33. The van der Waals surface area contributed by atoms with Gasteiger partial charge < -0.3 is 70.8 Å². The fraction of sp³-hybridized carbons (Fsp3) is 0.767. The molecule has 0 bridgehead atoms. The van der Waals surface area contributed by atoms with Crippen LogP contribution in [-0.4, -0.2) is 154 Å². The minimum atomic E-state index is -1.27. The van der Waals surface area contributed by atoms with E-state index in [1.165, 1.54) is 6.21 Å². The lowest BCUT2D eigenvalue weighted by atomic mass is 9.83. The molecule has 0 spiro atoms. The van der Waals surface area contributed by atoms with Crippen LogP contribution < -0.4 is 26.6 Å². The average Bonchev–Trinajstić information content (AvgIpc) is 3.05. The lowest BCUT2D eigenvalue weighted by molar-refractivity contribution is -0.309. The van der Waals surface area contributed by atoms with Crippen LogP contribution in [0.3, 0.4) is 0 Å². The SMILES string of the molecule is CNCC1OC(OC2C(NC)CC(NC)C(OC3OC(/C=N/OCc4ccccc4)C(O)C(NC)C3O)C2O)C(NC)CC1O. The summed E-state index contributed by atoms with van der Waals surface area (Å²) in [5, 5.41) is 64.0. The molecule has 1 aliphatic carbocycles. The summed E-state index contributed by atoms with van der Waals surface area (Å²) in [7, 11) is 8.73. The normalized spacial score (nSPS) is 40.9. The van der Waals surface area contributed by atoms with Crippen molar-refractivity contribution in [2.45, 2.75) is 105 Å². The molecule has 1 aromatic rings. The van der Waals surface area contributed by atoms with Crippen LogP contribution in [0.5, 0.6) is 0 Å². The van der Waals surface area contributed by atoms with Gasteiger partial charge in [-0.15, -0.1) is 0 Å². The molecule has 1 aromatic carbocycles. The van der Waals surface area contributed by atoms with Crippen molar-refractivity contribution in [3.8, 4) is 0 Å². The summed E-state index contributed by atoms with van der Waals surface area (Å²) in [6.07, 6.45) is -7.12. The van der Waals surface area contributed by atoms with Crippen LogP contribution in [0.4, 0.5) is 0 Å². The Kier molecular flexibility index (Phi) is 13.9.